The van der Waals surface area contributed by atoms with Gasteiger partial charge in [-0.05, 0) is 0 Å². The van der Waals surface area contributed by atoms with E-state index in [9.17, 15) is 4.79 Å². The average molecular weight is 190 g/mol. The summed E-state index contributed by atoms with van der Waals surface area (Å²) >= 11 is 0. The van der Waals surface area contributed by atoms with Crippen molar-refractivity contribution in [3.63, 3.8) is 0 Å². The van der Waals surface area contributed by atoms with Crippen molar-refractivity contribution in [1.29, 1.82) is 0 Å². The molecule has 1 aromatic rings. The van der Waals surface area contributed by atoms with Crippen LogP contribution in [0.4, 0.5) is 0 Å². The van der Waals surface area contributed by atoms with Crippen LogP contribution in [0.5, 0.6) is 0 Å². The lowest BCUT2D eigenvalue weighted by Crippen LogP contribution is -2.32. The van der Waals surface area contributed by atoms with Gasteiger partial charge in [0.05, 0.1) is 6.42 Å². The molecule has 3 heteroatoms. The van der Waals surface area contributed by atoms with Crippen molar-refractivity contribution in [3.05, 3.63) is 30.6 Å². The molecule has 0 aromatic carbocycles. The lowest BCUT2D eigenvalue weighted by atomic mass is 10.3. The summed E-state index contributed by atoms with van der Waals surface area (Å²) in [5.41, 5.74) is 0. The van der Waals surface area contributed by atoms with Crippen molar-refractivity contribution in [2.45, 2.75) is 19.4 Å². The van der Waals surface area contributed by atoms with Gasteiger partial charge in [-0.1, -0.05) is 12.5 Å². The van der Waals surface area contributed by atoms with Gasteiger partial charge in [0.2, 0.25) is 0 Å². The van der Waals surface area contributed by atoms with E-state index < -0.39 is 0 Å². The molecule has 72 valence electrons. The number of carbonyl (C=O) groups is 1. The number of nitrogens with zero attached hydrogens (tertiary/aromatic N) is 1. The van der Waals surface area contributed by atoms with E-state index in [1.165, 1.54) is 0 Å². The first kappa shape index (κ1) is 10.3. The van der Waals surface area contributed by atoms with Gasteiger partial charge in [-0.3, -0.25) is 4.79 Å². The molecule has 0 bridgehead atoms. The minimum absolute atomic E-state index is 0.343. The molecule has 3 nitrogen and oxygen atoms in total. The standard InChI is InChI=1S/C11H12NO2/c1-2-14-11(13)7-6-10-12-8-4-3-5-9-12/h1,3-5,8-9H,6-7,10H2/q+1. The first-order valence-corrected chi connectivity index (χ1v) is 4.42. The van der Waals surface area contributed by atoms with Gasteiger partial charge in [0.15, 0.2) is 12.4 Å². The van der Waals surface area contributed by atoms with Crippen LogP contribution in [0.1, 0.15) is 12.8 Å². The molecular weight excluding hydrogens is 178 g/mol. The zero-order valence-corrected chi connectivity index (χ0v) is 7.85. The molecule has 14 heavy (non-hydrogen) atoms. The Morgan fingerprint density at radius 1 is 1.36 bits per heavy atom. The minimum Gasteiger partial charge on any atom is -0.372 e. The van der Waals surface area contributed by atoms with E-state index >= 15 is 0 Å². The zero-order valence-electron chi connectivity index (χ0n) is 7.85. The number of carbonyl (C=O) groups excluding carboxylic acids is 1. The Labute approximate surface area is 83.3 Å². The van der Waals surface area contributed by atoms with Crippen molar-refractivity contribution in [1.82, 2.24) is 0 Å². The van der Waals surface area contributed by atoms with Gasteiger partial charge >= 0.3 is 5.97 Å². The van der Waals surface area contributed by atoms with Crippen molar-refractivity contribution in [3.8, 4) is 12.5 Å². The average Bonchev–Trinajstić information content (AvgIpc) is 2.20. The smallest absolute Gasteiger partial charge is 0.320 e. The summed E-state index contributed by atoms with van der Waals surface area (Å²) in [6.07, 6.45) is 11.7. The Kier molecular flexibility index (Phi) is 4.22. The highest BCUT2D eigenvalue weighted by Gasteiger charge is 2.04. The van der Waals surface area contributed by atoms with Gasteiger partial charge in [0, 0.05) is 18.6 Å². The number of terminal acetylenes is 1. The summed E-state index contributed by atoms with van der Waals surface area (Å²) in [7, 11) is 0. The second-order valence-electron chi connectivity index (χ2n) is 2.81. The molecular formula is C11H12NO2+. The summed E-state index contributed by atoms with van der Waals surface area (Å²) in [4.78, 5) is 10.9. The van der Waals surface area contributed by atoms with Gasteiger partial charge in [-0.15, -0.1) is 0 Å². The van der Waals surface area contributed by atoms with Crippen LogP contribution in [0.3, 0.4) is 0 Å². The first-order chi connectivity index (χ1) is 6.83. The number of aryl methyl sites for hydroxylation is 1. The number of ether oxygens (including phenoxy) is 1. The van der Waals surface area contributed by atoms with Crippen molar-refractivity contribution < 1.29 is 14.1 Å². The van der Waals surface area contributed by atoms with E-state index in [-0.39, 0.29) is 5.97 Å². The first-order valence-electron chi connectivity index (χ1n) is 4.42. The third kappa shape index (κ3) is 3.72. The van der Waals surface area contributed by atoms with Crippen molar-refractivity contribution in [2.75, 3.05) is 0 Å². The molecule has 0 aliphatic carbocycles. The van der Waals surface area contributed by atoms with E-state index in [0.717, 1.165) is 13.0 Å². The van der Waals surface area contributed by atoms with Crippen molar-refractivity contribution >= 4 is 5.97 Å². The molecule has 0 fully saturated rings. The lowest BCUT2D eigenvalue weighted by molar-refractivity contribution is -0.697. The molecule has 0 atom stereocenters. The largest absolute Gasteiger partial charge is 0.372 e. The molecule has 0 radical (unpaired) electrons. The molecule has 0 N–H and O–H groups in total. The van der Waals surface area contributed by atoms with Crippen LogP contribution < -0.4 is 4.57 Å². The number of hydrogen-bond donors (Lipinski definition) is 0. The number of aromatic nitrogens is 1. The fourth-order valence-electron chi connectivity index (χ4n) is 1.11. The Bertz CT molecular complexity index is 327. The third-order valence-corrected chi connectivity index (χ3v) is 1.75. The fraction of sp³-hybridized carbons (Fsp3) is 0.273. The Morgan fingerprint density at radius 2 is 2.07 bits per heavy atom. The number of esters is 1. The van der Waals surface area contributed by atoms with Crippen molar-refractivity contribution in [2.24, 2.45) is 0 Å². The van der Waals surface area contributed by atoms with Gasteiger partial charge < -0.3 is 4.74 Å². The van der Waals surface area contributed by atoms with Crippen LogP contribution in [0.25, 0.3) is 0 Å². The van der Waals surface area contributed by atoms with Gasteiger partial charge in [-0.25, -0.2) is 4.57 Å². The molecule has 0 saturated carbocycles. The zero-order chi connectivity index (χ0) is 10.2. The van der Waals surface area contributed by atoms with E-state index in [0.29, 0.717) is 6.42 Å². The summed E-state index contributed by atoms with van der Waals surface area (Å²) in [6, 6.07) is 5.84. The van der Waals surface area contributed by atoms with Crippen LogP contribution in [0, 0.1) is 12.5 Å². The third-order valence-electron chi connectivity index (χ3n) is 1.75. The molecule has 0 unspecified atom stereocenters. The SMILES string of the molecule is C#COC(=O)CCC[n+]1ccccc1. The second kappa shape index (κ2) is 5.76. The number of rotatable bonds is 4. The summed E-state index contributed by atoms with van der Waals surface area (Å²) in [6.45, 7) is 0.792. The highest BCUT2D eigenvalue weighted by molar-refractivity contribution is 5.70. The summed E-state index contributed by atoms with van der Waals surface area (Å²) in [5.74, 6) is -0.343. The predicted octanol–water partition coefficient (Wildman–Crippen LogP) is 0.888. The fourth-order valence-corrected chi connectivity index (χ4v) is 1.11. The van der Waals surface area contributed by atoms with Crippen LogP contribution in [0.15, 0.2) is 30.6 Å². The van der Waals surface area contributed by atoms with Crippen LogP contribution >= 0.6 is 0 Å². The molecule has 1 aromatic heterocycles. The Balaban J connectivity index is 2.23. The summed E-state index contributed by atoms with van der Waals surface area (Å²) in [5, 5.41) is 0. The molecule has 1 rings (SSSR count). The normalized spacial score (nSPS) is 9.07. The highest BCUT2D eigenvalue weighted by Crippen LogP contribution is 1.92. The topological polar surface area (TPSA) is 30.2 Å². The van der Waals surface area contributed by atoms with E-state index in [4.69, 9.17) is 6.42 Å². The maximum Gasteiger partial charge on any atom is 0.320 e. The summed E-state index contributed by atoms with van der Waals surface area (Å²) < 4.78 is 6.36. The Morgan fingerprint density at radius 3 is 2.71 bits per heavy atom. The van der Waals surface area contributed by atoms with E-state index in [1.54, 1.807) is 0 Å². The lowest BCUT2D eigenvalue weighted by Gasteiger charge is -1.95. The maximum absolute atomic E-state index is 10.9. The molecule has 0 aliphatic rings. The van der Waals surface area contributed by atoms with Gasteiger partial charge in [0.1, 0.15) is 12.7 Å². The highest BCUT2D eigenvalue weighted by atomic mass is 16.5. The maximum atomic E-state index is 10.9. The second-order valence-corrected chi connectivity index (χ2v) is 2.81. The van der Waals surface area contributed by atoms with Gasteiger partial charge in [0.25, 0.3) is 0 Å². The van der Waals surface area contributed by atoms with Gasteiger partial charge in [-0.2, -0.15) is 0 Å². The number of hydrogen-bond acceptors (Lipinski definition) is 2. The quantitative estimate of drug-likeness (QED) is 0.401. The number of pyridine rings is 1. The van der Waals surface area contributed by atoms with Crippen LogP contribution in [0.2, 0.25) is 0 Å². The Hall–Kier alpha value is -1.82. The monoisotopic (exact) mass is 190 g/mol. The molecule has 0 amide bonds. The van der Waals surface area contributed by atoms with E-state index in [1.807, 2.05) is 41.3 Å². The van der Waals surface area contributed by atoms with Crippen LogP contribution in [-0.4, -0.2) is 5.97 Å². The minimum atomic E-state index is -0.343. The van der Waals surface area contributed by atoms with Crippen LogP contribution in [-0.2, 0) is 16.1 Å². The van der Waals surface area contributed by atoms with E-state index in [2.05, 4.69) is 4.74 Å². The molecule has 0 spiro atoms. The molecule has 0 saturated heterocycles. The molecule has 1 heterocycles. The predicted molar refractivity (Wildman–Crippen MR) is 50.8 cm³/mol. The molecule has 0 aliphatic heterocycles.